The zero-order valence-electron chi connectivity index (χ0n) is 13.0. The van der Waals surface area contributed by atoms with Crippen molar-refractivity contribution in [2.45, 2.75) is 18.9 Å². The molecule has 0 saturated heterocycles. The maximum Gasteiger partial charge on any atom is 0.315 e. The van der Waals surface area contributed by atoms with Crippen molar-refractivity contribution < 1.29 is 9.59 Å². The molecule has 0 saturated carbocycles. The lowest BCUT2D eigenvalue weighted by molar-refractivity contribution is -0.118. The molecule has 1 aromatic heterocycles. The second kappa shape index (κ2) is 7.98. The van der Waals surface area contributed by atoms with Crippen LogP contribution in [-0.4, -0.2) is 28.0 Å². The number of nitrogens with one attached hydrogen (secondary N) is 2. The first-order chi connectivity index (χ1) is 11.1. The van der Waals surface area contributed by atoms with E-state index in [1.54, 1.807) is 6.20 Å². The molecule has 3 amide bonds. The maximum absolute atomic E-state index is 12.1. The fourth-order valence-electron chi connectivity index (χ4n) is 2.24. The second-order valence-corrected chi connectivity index (χ2v) is 5.21. The standard InChI is InChI=1S/C16H21N5O2/c1-21-11-10-18-15(21)14(12-6-3-2-4-7-12)20-16(23)19-9-5-8-13(17)22/h2-4,6-7,10-11,14H,5,8-9H2,1H3,(H2,17,22)(H2,19,20,23). The van der Waals surface area contributed by atoms with Gasteiger partial charge in [-0.3, -0.25) is 4.79 Å². The van der Waals surface area contributed by atoms with E-state index in [2.05, 4.69) is 15.6 Å². The van der Waals surface area contributed by atoms with Crippen molar-refractivity contribution in [2.75, 3.05) is 6.54 Å². The number of imidazole rings is 1. The van der Waals surface area contributed by atoms with Crippen LogP contribution in [0.5, 0.6) is 0 Å². The van der Waals surface area contributed by atoms with Gasteiger partial charge in [-0.2, -0.15) is 0 Å². The van der Waals surface area contributed by atoms with Gasteiger partial charge in [0.05, 0.1) is 0 Å². The zero-order chi connectivity index (χ0) is 16.7. The fraction of sp³-hybridized carbons (Fsp3) is 0.312. The summed E-state index contributed by atoms with van der Waals surface area (Å²) in [4.78, 5) is 27.1. The number of aromatic nitrogens is 2. The van der Waals surface area contributed by atoms with Crippen LogP contribution in [0.3, 0.4) is 0 Å². The van der Waals surface area contributed by atoms with Crippen molar-refractivity contribution in [1.29, 1.82) is 0 Å². The van der Waals surface area contributed by atoms with Crippen LogP contribution in [0, 0.1) is 0 Å². The van der Waals surface area contributed by atoms with E-state index in [-0.39, 0.29) is 24.4 Å². The minimum atomic E-state index is -0.373. The van der Waals surface area contributed by atoms with Gasteiger partial charge >= 0.3 is 6.03 Å². The van der Waals surface area contributed by atoms with E-state index in [0.717, 1.165) is 11.4 Å². The summed E-state index contributed by atoms with van der Waals surface area (Å²) in [5.41, 5.74) is 6.01. The first-order valence-electron chi connectivity index (χ1n) is 7.42. The number of aryl methyl sites for hydroxylation is 1. The third-order valence-electron chi connectivity index (χ3n) is 3.41. The highest BCUT2D eigenvalue weighted by Gasteiger charge is 2.20. The lowest BCUT2D eigenvalue weighted by atomic mass is 10.1. The van der Waals surface area contributed by atoms with Crippen LogP contribution in [-0.2, 0) is 11.8 Å². The third-order valence-corrected chi connectivity index (χ3v) is 3.41. The average Bonchev–Trinajstić information content (AvgIpc) is 2.96. The summed E-state index contributed by atoms with van der Waals surface area (Å²) in [7, 11) is 1.88. The number of carbonyl (C=O) groups excluding carboxylic acids is 2. The second-order valence-electron chi connectivity index (χ2n) is 5.21. The molecule has 0 bridgehead atoms. The Bertz CT molecular complexity index is 654. The van der Waals surface area contributed by atoms with Crippen LogP contribution in [0.2, 0.25) is 0 Å². The molecule has 2 rings (SSSR count). The lowest BCUT2D eigenvalue weighted by Gasteiger charge is -2.19. The van der Waals surface area contributed by atoms with Gasteiger partial charge in [0.15, 0.2) is 0 Å². The van der Waals surface area contributed by atoms with Gasteiger partial charge in [0.1, 0.15) is 11.9 Å². The molecule has 7 nitrogen and oxygen atoms in total. The van der Waals surface area contributed by atoms with Crippen LogP contribution in [0.4, 0.5) is 4.79 Å². The van der Waals surface area contributed by atoms with Crippen LogP contribution >= 0.6 is 0 Å². The smallest absolute Gasteiger partial charge is 0.315 e. The molecular formula is C16H21N5O2. The van der Waals surface area contributed by atoms with Crippen LogP contribution in [0.1, 0.15) is 30.3 Å². The van der Waals surface area contributed by atoms with Gasteiger partial charge in [-0.1, -0.05) is 30.3 Å². The number of nitrogens with zero attached hydrogens (tertiary/aromatic N) is 2. The number of urea groups is 1. The molecule has 0 aliphatic rings. The molecular weight excluding hydrogens is 294 g/mol. The van der Waals surface area contributed by atoms with Gasteiger partial charge < -0.3 is 20.9 Å². The summed E-state index contributed by atoms with van der Waals surface area (Å²) < 4.78 is 1.87. The molecule has 122 valence electrons. The molecule has 4 N–H and O–H groups in total. The minimum absolute atomic E-state index is 0.252. The van der Waals surface area contributed by atoms with Gasteiger partial charge in [0, 0.05) is 32.4 Å². The van der Waals surface area contributed by atoms with E-state index in [1.807, 2.05) is 48.1 Å². The third kappa shape index (κ3) is 4.84. The Morgan fingerprint density at radius 2 is 2.04 bits per heavy atom. The van der Waals surface area contributed by atoms with Gasteiger partial charge in [-0.25, -0.2) is 9.78 Å². The Labute approximate surface area is 134 Å². The van der Waals surface area contributed by atoms with Gasteiger partial charge in [0.25, 0.3) is 0 Å². The van der Waals surface area contributed by atoms with E-state index in [9.17, 15) is 9.59 Å². The van der Waals surface area contributed by atoms with E-state index >= 15 is 0 Å². The minimum Gasteiger partial charge on any atom is -0.370 e. The summed E-state index contributed by atoms with van der Waals surface area (Å²) in [5.74, 6) is 0.367. The molecule has 1 atom stereocenters. The largest absolute Gasteiger partial charge is 0.370 e. The maximum atomic E-state index is 12.1. The van der Waals surface area contributed by atoms with E-state index in [4.69, 9.17) is 5.73 Å². The molecule has 0 radical (unpaired) electrons. The molecule has 0 spiro atoms. The van der Waals surface area contributed by atoms with Crippen molar-refractivity contribution >= 4 is 11.9 Å². The quantitative estimate of drug-likeness (QED) is 0.666. The van der Waals surface area contributed by atoms with Gasteiger partial charge in [-0.15, -0.1) is 0 Å². The Morgan fingerprint density at radius 3 is 2.65 bits per heavy atom. The highest BCUT2D eigenvalue weighted by Crippen LogP contribution is 2.19. The number of hydrogen-bond donors (Lipinski definition) is 3. The highest BCUT2D eigenvalue weighted by molar-refractivity contribution is 5.75. The van der Waals surface area contributed by atoms with Crippen molar-refractivity contribution in [3.05, 3.63) is 54.1 Å². The lowest BCUT2D eigenvalue weighted by Crippen LogP contribution is -2.39. The number of amides is 3. The predicted molar refractivity (Wildman–Crippen MR) is 86.5 cm³/mol. The first kappa shape index (κ1) is 16.5. The summed E-state index contributed by atoms with van der Waals surface area (Å²) in [6.45, 7) is 0.386. The summed E-state index contributed by atoms with van der Waals surface area (Å²) in [6.07, 6.45) is 4.29. The normalized spacial score (nSPS) is 11.7. The molecule has 2 aromatic rings. The molecule has 0 fully saturated rings. The van der Waals surface area contributed by atoms with Crippen molar-refractivity contribution in [3.63, 3.8) is 0 Å². The summed E-state index contributed by atoms with van der Waals surface area (Å²) in [6, 6.07) is 8.95. The monoisotopic (exact) mass is 315 g/mol. The summed E-state index contributed by atoms with van der Waals surface area (Å²) in [5, 5.41) is 5.64. The van der Waals surface area contributed by atoms with E-state index < -0.39 is 0 Å². The van der Waals surface area contributed by atoms with Crippen LogP contribution in [0.15, 0.2) is 42.7 Å². The predicted octanol–water partition coefficient (Wildman–Crippen LogP) is 1.07. The Hall–Kier alpha value is -2.83. The topological polar surface area (TPSA) is 102 Å². The molecule has 7 heteroatoms. The Balaban J connectivity index is 2.03. The van der Waals surface area contributed by atoms with Gasteiger partial charge in [0.2, 0.25) is 5.91 Å². The SMILES string of the molecule is Cn1ccnc1C(NC(=O)NCCCC(N)=O)c1ccccc1. The van der Waals surface area contributed by atoms with Gasteiger partial charge in [-0.05, 0) is 12.0 Å². The van der Waals surface area contributed by atoms with Crippen molar-refractivity contribution in [1.82, 2.24) is 20.2 Å². The fourth-order valence-corrected chi connectivity index (χ4v) is 2.24. The Kier molecular flexibility index (Phi) is 5.74. The molecule has 0 aliphatic heterocycles. The number of rotatable bonds is 7. The molecule has 1 unspecified atom stereocenters. The van der Waals surface area contributed by atoms with E-state index in [1.165, 1.54) is 0 Å². The number of benzene rings is 1. The zero-order valence-corrected chi connectivity index (χ0v) is 13.0. The number of nitrogens with two attached hydrogens (primary N) is 1. The highest BCUT2D eigenvalue weighted by atomic mass is 16.2. The number of carbonyl (C=O) groups is 2. The number of hydrogen-bond acceptors (Lipinski definition) is 3. The molecule has 1 aromatic carbocycles. The summed E-state index contributed by atoms with van der Waals surface area (Å²) >= 11 is 0. The van der Waals surface area contributed by atoms with Crippen LogP contribution in [0.25, 0.3) is 0 Å². The van der Waals surface area contributed by atoms with Crippen LogP contribution < -0.4 is 16.4 Å². The number of primary amides is 1. The average molecular weight is 315 g/mol. The Morgan fingerprint density at radius 1 is 1.30 bits per heavy atom. The van der Waals surface area contributed by atoms with E-state index in [0.29, 0.717) is 13.0 Å². The van der Waals surface area contributed by atoms with Crippen molar-refractivity contribution in [2.24, 2.45) is 12.8 Å². The molecule has 1 heterocycles. The molecule has 0 aliphatic carbocycles. The first-order valence-corrected chi connectivity index (χ1v) is 7.42. The molecule has 23 heavy (non-hydrogen) atoms. The van der Waals surface area contributed by atoms with Crippen molar-refractivity contribution in [3.8, 4) is 0 Å².